The van der Waals surface area contributed by atoms with Crippen LogP contribution in [0.1, 0.15) is 21.6 Å². The molecule has 0 spiro atoms. The number of hydrogen-bond acceptors (Lipinski definition) is 3. The number of ether oxygens (including phenoxy) is 1. The Morgan fingerprint density at radius 3 is 3.00 bits per heavy atom. The van der Waals surface area contributed by atoms with Gasteiger partial charge < -0.3 is 10.1 Å². The molecule has 0 aliphatic carbocycles. The number of fused-ring (bicyclic) bond motifs is 1. The van der Waals surface area contributed by atoms with Crippen molar-refractivity contribution in [2.75, 3.05) is 13.7 Å². The summed E-state index contributed by atoms with van der Waals surface area (Å²) in [6, 6.07) is 9.34. The maximum Gasteiger partial charge on any atom is 0.265 e. The smallest absolute Gasteiger partial charge is 0.265 e. The second-order valence-electron chi connectivity index (χ2n) is 4.59. The van der Waals surface area contributed by atoms with Crippen LogP contribution >= 0.6 is 0 Å². The van der Waals surface area contributed by atoms with Crippen LogP contribution in [0.5, 0.6) is 5.75 Å². The SMILES string of the molecule is COc1ccccc1C(=O)n1ccc2c1CCNC2. The molecule has 0 saturated carbocycles. The summed E-state index contributed by atoms with van der Waals surface area (Å²) in [6.07, 6.45) is 2.73. The zero-order chi connectivity index (χ0) is 13.2. The van der Waals surface area contributed by atoms with Crippen molar-refractivity contribution >= 4 is 5.91 Å². The van der Waals surface area contributed by atoms with E-state index in [2.05, 4.69) is 5.32 Å². The average molecular weight is 256 g/mol. The molecule has 0 amide bonds. The van der Waals surface area contributed by atoms with Gasteiger partial charge in [-0.3, -0.25) is 9.36 Å². The molecular formula is C15H16N2O2. The predicted molar refractivity (Wildman–Crippen MR) is 72.6 cm³/mol. The fourth-order valence-corrected chi connectivity index (χ4v) is 2.52. The average Bonchev–Trinajstić information content (AvgIpc) is 2.90. The van der Waals surface area contributed by atoms with E-state index < -0.39 is 0 Å². The molecule has 1 aliphatic heterocycles. The summed E-state index contributed by atoms with van der Waals surface area (Å²) < 4.78 is 7.01. The van der Waals surface area contributed by atoms with Crippen LogP contribution in [0, 0.1) is 0 Å². The number of methoxy groups -OCH3 is 1. The van der Waals surface area contributed by atoms with Crippen LogP contribution in [0.25, 0.3) is 0 Å². The van der Waals surface area contributed by atoms with Crippen LogP contribution in [0.4, 0.5) is 0 Å². The normalized spacial score (nSPS) is 13.9. The van der Waals surface area contributed by atoms with Gasteiger partial charge in [0.1, 0.15) is 5.75 Å². The second-order valence-corrected chi connectivity index (χ2v) is 4.59. The summed E-state index contributed by atoms with van der Waals surface area (Å²) in [7, 11) is 1.58. The molecule has 1 aromatic carbocycles. The van der Waals surface area contributed by atoms with Gasteiger partial charge in [-0.05, 0) is 23.8 Å². The second kappa shape index (κ2) is 4.90. The number of carbonyl (C=O) groups excluding carboxylic acids is 1. The van der Waals surface area contributed by atoms with Gasteiger partial charge >= 0.3 is 0 Å². The van der Waals surface area contributed by atoms with E-state index in [4.69, 9.17) is 4.74 Å². The monoisotopic (exact) mass is 256 g/mol. The first-order chi connectivity index (χ1) is 9.31. The Hall–Kier alpha value is -2.07. The van der Waals surface area contributed by atoms with Crippen LogP contribution in [0.3, 0.4) is 0 Å². The Bertz CT molecular complexity index is 616. The van der Waals surface area contributed by atoms with Gasteiger partial charge in [0.2, 0.25) is 0 Å². The van der Waals surface area contributed by atoms with E-state index >= 15 is 0 Å². The van der Waals surface area contributed by atoms with Crippen molar-refractivity contribution in [3.8, 4) is 5.75 Å². The fourth-order valence-electron chi connectivity index (χ4n) is 2.52. The lowest BCUT2D eigenvalue weighted by Gasteiger charge is -2.16. The highest BCUT2D eigenvalue weighted by atomic mass is 16.5. The Morgan fingerprint density at radius 2 is 2.16 bits per heavy atom. The minimum atomic E-state index is -0.0272. The molecular weight excluding hydrogens is 240 g/mol. The molecule has 98 valence electrons. The van der Waals surface area contributed by atoms with Gasteiger partial charge in [-0.2, -0.15) is 0 Å². The maximum atomic E-state index is 12.6. The maximum absolute atomic E-state index is 12.6. The van der Waals surface area contributed by atoms with Crippen molar-refractivity contribution in [2.24, 2.45) is 0 Å². The molecule has 0 bridgehead atoms. The van der Waals surface area contributed by atoms with Gasteiger partial charge in [-0.25, -0.2) is 0 Å². The van der Waals surface area contributed by atoms with Crippen molar-refractivity contribution in [2.45, 2.75) is 13.0 Å². The highest BCUT2D eigenvalue weighted by molar-refractivity contribution is 5.99. The first kappa shape index (κ1) is 12.0. The van der Waals surface area contributed by atoms with Gasteiger partial charge in [-0.1, -0.05) is 12.1 Å². The van der Waals surface area contributed by atoms with Crippen molar-refractivity contribution in [1.82, 2.24) is 9.88 Å². The van der Waals surface area contributed by atoms with Crippen LogP contribution < -0.4 is 10.1 Å². The minimum Gasteiger partial charge on any atom is -0.496 e. The van der Waals surface area contributed by atoms with Crippen LogP contribution in [-0.2, 0) is 13.0 Å². The Morgan fingerprint density at radius 1 is 1.32 bits per heavy atom. The number of para-hydroxylation sites is 1. The molecule has 3 rings (SSSR count). The summed E-state index contributed by atoms with van der Waals surface area (Å²) in [5, 5.41) is 3.31. The number of carbonyl (C=O) groups is 1. The molecule has 4 heteroatoms. The van der Waals surface area contributed by atoms with Gasteiger partial charge in [-0.15, -0.1) is 0 Å². The number of benzene rings is 1. The molecule has 1 N–H and O–H groups in total. The van der Waals surface area contributed by atoms with Crippen LogP contribution in [0.2, 0.25) is 0 Å². The van der Waals surface area contributed by atoms with E-state index in [9.17, 15) is 4.79 Å². The molecule has 0 unspecified atom stereocenters. The van der Waals surface area contributed by atoms with E-state index in [1.165, 1.54) is 5.56 Å². The van der Waals surface area contributed by atoms with Crippen molar-refractivity contribution in [1.29, 1.82) is 0 Å². The first-order valence-electron chi connectivity index (χ1n) is 6.39. The predicted octanol–water partition coefficient (Wildman–Crippen LogP) is 1.83. The van der Waals surface area contributed by atoms with E-state index in [0.717, 1.165) is 25.2 Å². The summed E-state index contributed by atoms with van der Waals surface area (Å²) in [5.74, 6) is 0.587. The van der Waals surface area contributed by atoms with E-state index in [0.29, 0.717) is 11.3 Å². The number of aromatic nitrogens is 1. The first-order valence-corrected chi connectivity index (χ1v) is 6.39. The standard InChI is InChI=1S/C15H16N2O2/c1-19-14-5-3-2-4-12(14)15(18)17-9-7-11-10-16-8-6-13(11)17/h2-5,7,9,16H,6,8,10H2,1H3. The quantitative estimate of drug-likeness (QED) is 0.891. The third kappa shape index (κ3) is 2.04. The van der Waals surface area contributed by atoms with E-state index in [-0.39, 0.29) is 5.91 Å². The van der Waals surface area contributed by atoms with Crippen LogP contribution in [0.15, 0.2) is 36.5 Å². The van der Waals surface area contributed by atoms with Crippen molar-refractivity contribution in [3.05, 3.63) is 53.3 Å². The molecule has 0 radical (unpaired) electrons. The Balaban J connectivity index is 2.02. The molecule has 0 fully saturated rings. The molecule has 4 nitrogen and oxygen atoms in total. The molecule has 1 aromatic heterocycles. The fraction of sp³-hybridized carbons (Fsp3) is 0.267. The summed E-state index contributed by atoms with van der Waals surface area (Å²) in [5.41, 5.74) is 2.91. The van der Waals surface area contributed by atoms with Gasteiger partial charge in [0, 0.05) is 31.4 Å². The van der Waals surface area contributed by atoms with Crippen molar-refractivity contribution in [3.63, 3.8) is 0 Å². The molecule has 0 saturated heterocycles. The van der Waals surface area contributed by atoms with Gasteiger partial charge in [0.05, 0.1) is 12.7 Å². The lowest BCUT2D eigenvalue weighted by Crippen LogP contribution is -2.26. The number of hydrogen-bond donors (Lipinski definition) is 1. The van der Waals surface area contributed by atoms with Crippen molar-refractivity contribution < 1.29 is 9.53 Å². The van der Waals surface area contributed by atoms with Crippen LogP contribution in [-0.4, -0.2) is 24.1 Å². The summed E-state index contributed by atoms with van der Waals surface area (Å²) >= 11 is 0. The molecule has 2 aromatic rings. The molecule has 0 atom stereocenters. The zero-order valence-electron chi connectivity index (χ0n) is 10.8. The summed E-state index contributed by atoms with van der Waals surface area (Å²) in [6.45, 7) is 1.75. The minimum absolute atomic E-state index is 0.0272. The van der Waals surface area contributed by atoms with Gasteiger partial charge in [0.15, 0.2) is 0 Å². The highest BCUT2D eigenvalue weighted by Crippen LogP contribution is 2.22. The van der Waals surface area contributed by atoms with E-state index in [1.807, 2.05) is 30.5 Å². The molecule has 19 heavy (non-hydrogen) atoms. The third-order valence-electron chi connectivity index (χ3n) is 3.50. The number of nitrogens with zero attached hydrogens (tertiary/aromatic N) is 1. The topological polar surface area (TPSA) is 43.3 Å². The lowest BCUT2D eigenvalue weighted by atomic mass is 10.1. The molecule has 2 heterocycles. The number of rotatable bonds is 2. The highest BCUT2D eigenvalue weighted by Gasteiger charge is 2.20. The largest absolute Gasteiger partial charge is 0.496 e. The van der Waals surface area contributed by atoms with Gasteiger partial charge in [0.25, 0.3) is 5.91 Å². The molecule has 1 aliphatic rings. The number of nitrogens with one attached hydrogen (secondary N) is 1. The van der Waals surface area contributed by atoms with E-state index in [1.54, 1.807) is 17.7 Å². The third-order valence-corrected chi connectivity index (χ3v) is 3.50. The Labute approximate surface area is 112 Å². The summed E-state index contributed by atoms with van der Waals surface area (Å²) in [4.78, 5) is 12.6. The Kier molecular flexibility index (Phi) is 3.09. The zero-order valence-corrected chi connectivity index (χ0v) is 10.8. The lowest BCUT2D eigenvalue weighted by molar-refractivity contribution is 0.0954.